The molecule has 116 valence electrons. The normalized spacial score (nSPS) is 20.4. The van der Waals surface area contributed by atoms with Gasteiger partial charge in [-0.1, -0.05) is 32.9 Å². The zero-order valence-corrected chi connectivity index (χ0v) is 13.5. The molecule has 0 radical (unpaired) electrons. The fourth-order valence-corrected chi connectivity index (χ4v) is 2.75. The molecule has 0 spiro atoms. The number of carbonyl (C=O) groups is 1. The van der Waals surface area contributed by atoms with E-state index in [4.69, 9.17) is 5.73 Å². The van der Waals surface area contributed by atoms with E-state index in [2.05, 4.69) is 26.1 Å². The lowest BCUT2D eigenvalue weighted by Crippen LogP contribution is -2.34. The molecule has 4 nitrogen and oxygen atoms in total. The predicted molar refractivity (Wildman–Crippen MR) is 87.2 cm³/mol. The number of hydrogen-bond acceptors (Lipinski definition) is 2. The van der Waals surface area contributed by atoms with Gasteiger partial charge in [-0.2, -0.15) is 0 Å². The van der Waals surface area contributed by atoms with Crippen LogP contribution in [0.5, 0.6) is 0 Å². The molecule has 2 rings (SSSR count). The van der Waals surface area contributed by atoms with Crippen LogP contribution < -0.4 is 11.1 Å². The Kier molecular flexibility index (Phi) is 4.57. The van der Waals surface area contributed by atoms with Crippen LogP contribution in [0.2, 0.25) is 0 Å². The minimum Gasteiger partial charge on any atom is -0.324 e. The van der Waals surface area contributed by atoms with Crippen molar-refractivity contribution in [1.82, 2.24) is 4.90 Å². The van der Waals surface area contributed by atoms with Gasteiger partial charge in [0.1, 0.15) is 0 Å². The molecule has 4 heteroatoms. The number of nitrogens with zero attached hydrogens (tertiary/aromatic N) is 1. The van der Waals surface area contributed by atoms with E-state index in [0.717, 1.165) is 30.8 Å². The van der Waals surface area contributed by atoms with Crippen LogP contribution in [0.4, 0.5) is 10.5 Å². The molecule has 3 N–H and O–H groups in total. The number of benzene rings is 1. The molecule has 1 fully saturated rings. The largest absolute Gasteiger partial charge is 0.324 e. The standard InChI is InChI=1S/C17H27N3O/c1-12(18)13-6-5-7-15(10-13)19-16(21)20-9-8-14(11-20)17(2,3)4/h5-7,10,12,14H,8-9,11,18H2,1-4H3,(H,19,21). The Labute approximate surface area is 127 Å². The summed E-state index contributed by atoms with van der Waals surface area (Å²) in [6, 6.07) is 7.71. The SMILES string of the molecule is CC(N)c1cccc(NC(=O)N2CCC(C(C)(C)C)C2)c1. The van der Waals surface area contributed by atoms with Crippen LogP contribution in [0.25, 0.3) is 0 Å². The van der Waals surface area contributed by atoms with Crippen molar-refractivity contribution in [1.29, 1.82) is 0 Å². The average molecular weight is 289 g/mol. The predicted octanol–water partition coefficient (Wildman–Crippen LogP) is 3.61. The second-order valence-electron chi connectivity index (χ2n) is 7.14. The topological polar surface area (TPSA) is 58.4 Å². The molecule has 1 aromatic carbocycles. The number of urea groups is 1. The lowest BCUT2D eigenvalue weighted by molar-refractivity contribution is 0.208. The molecule has 2 atom stereocenters. The van der Waals surface area contributed by atoms with Crippen LogP contribution in [-0.2, 0) is 0 Å². The molecule has 2 unspecified atom stereocenters. The number of nitrogens with two attached hydrogens (primary N) is 1. The Morgan fingerprint density at radius 2 is 2.14 bits per heavy atom. The molecule has 0 aromatic heterocycles. The van der Waals surface area contributed by atoms with E-state index in [1.54, 1.807) is 0 Å². The lowest BCUT2D eigenvalue weighted by Gasteiger charge is -2.27. The summed E-state index contributed by atoms with van der Waals surface area (Å²) in [6.07, 6.45) is 1.08. The fourth-order valence-electron chi connectivity index (χ4n) is 2.75. The summed E-state index contributed by atoms with van der Waals surface area (Å²) < 4.78 is 0. The number of rotatable bonds is 2. The van der Waals surface area contributed by atoms with Gasteiger partial charge in [-0.05, 0) is 42.4 Å². The van der Waals surface area contributed by atoms with Gasteiger partial charge in [0.25, 0.3) is 0 Å². The van der Waals surface area contributed by atoms with Gasteiger partial charge < -0.3 is 16.0 Å². The highest BCUT2D eigenvalue weighted by atomic mass is 16.2. The first-order valence-electron chi connectivity index (χ1n) is 7.69. The van der Waals surface area contributed by atoms with Gasteiger partial charge in [0.2, 0.25) is 0 Å². The number of anilines is 1. The quantitative estimate of drug-likeness (QED) is 0.874. The van der Waals surface area contributed by atoms with Crippen LogP contribution in [-0.4, -0.2) is 24.0 Å². The van der Waals surface area contributed by atoms with Crippen molar-refractivity contribution in [3.05, 3.63) is 29.8 Å². The molecule has 0 aliphatic carbocycles. The van der Waals surface area contributed by atoms with E-state index in [0.29, 0.717) is 5.92 Å². The Hall–Kier alpha value is -1.55. The van der Waals surface area contributed by atoms with E-state index in [-0.39, 0.29) is 17.5 Å². The molecule has 1 aliphatic heterocycles. The molecule has 1 aromatic rings. The van der Waals surface area contributed by atoms with E-state index in [9.17, 15) is 4.79 Å². The van der Waals surface area contributed by atoms with Gasteiger partial charge in [-0.15, -0.1) is 0 Å². The summed E-state index contributed by atoms with van der Waals surface area (Å²) in [6.45, 7) is 10.3. The van der Waals surface area contributed by atoms with Crippen LogP contribution in [0.3, 0.4) is 0 Å². The number of carbonyl (C=O) groups excluding carboxylic acids is 1. The Balaban J connectivity index is 1.98. The van der Waals surface area contributed by atoms with Crippen molar-refractivity contribution < 1.29 is 4.79 Å². The number of amides is 2. The highest BCUT2D eigenvalue weighted by molar-refractivity contribution is 5.89. The summed E-state index contributed by atoms with van der Waals surface area (Å²) in [4.78, 5) is 14.3. The first kappa shape index (κ1) is 15.8. The molecular weight excluding hydrogens is 262 g/mol. The monoisotopic (exact) mass is 289 g/mol. The van der Waals surface area contributed by atoms with E-state index >= 15 is 0 Å². The maximum atomic E-state index is 12.4. The van der Waals surface area contributed by atoms with E-state index in [1.807, 2.05) is 36.1 Å². The minimum atomic E-state index is -0.0288. The Morgan fingerprint density at radius 3 is 2.71 bits per heavy atom. The van der Waals surface area contributed by atoms with Crippen LogP contribution in [0.15, 0.2) is 24.3 Å². The summed E-state index contributed by atoms with van der Waals surface area (Å²) >= 11 is 0. The molecule has 1 saturated heterocycles. The molecule has 1 heterocycles. The molecule has 0 bridgehead atoms. The third-order valence-electron chi connectivity index (χ3n) is 4.36. The molecule has 1 aliphatic rings. The molecular formula is C17H27N3O. The molecule has 0 saturated carbocycles. The average Bonchev–Trinajstić information content (AvgIpc) is 2.88. The second-order valence-corrected chi connectivity index (χ2v) is 7.14. The van der Waals surface area contributed by atoms with Crippen molar-refractivity contribution in [3.63, 3.8) is 0 Å². The maximum Gasteiger partial charge on any atom is 0.321 e. The Morgan fingerprint density at radius 1 is 1.43 bits per heavy atom. The van der Waals surface area contributed by atoms with Gasteiger partial charge in [-0.3, -0.25) is 0 Å². The summed E-state index contributed by atoms with van der Waals surface area (Å²) in [7, 11) is 0. The number of likely N-dealkylation sites (tertiary alicyclic amines) is 1. The summed E-state index contributed by atoms with van der Waals surface area (Å²) in [5.74, 6) is 0.568. The van der Waals surface area contributed by atoms with Crippen molar-refractivity contribution in [2.24, 2.45) is 17.1 Å². The summed E-state index contributed by atoms with van der Waals surface area (Å²) in [5, 5.41) is 2.98. The zero-order chi connectivity index (χ0) is 15.6. The second kappa shape index (κ2) is 6.06. The smallest absolute Gasteiger partial charge is 0.321 e. The van der Waals surface area contributed by atoms with Crippen LogP contribution in [0, 0.1) is 11.3 Å². The first-order chi connectivity index (χ1) is 9.77. The van der Waals surface area contributed by atoms with E-state index in [1.165, 1.54) is 0 Å². The third-order valence-corrected chi connectivity index (χ3v) is 4.36. The van der Waals surface area contributed by atoms with Crippen molar-refractivity contribution >= 4 is 11.7 Å². The molecule has 21 heavy (non-hydrogen) atoms. The van der Waals surface area contributed by atoms with Gasteiger partial charge in [-0.25, -0.2) is 4.79 Å². The van der Waals surface area contributed by atoms with E-state index < -0.39 is 0 Å². The van der Waals surface area contributed by atoms with Gasteiger partial charge in [0.15, 0.2) is 0 Å². The van der Waals surface area contributed by atoms with Crippen molar-refractivity contribution in [3.8, 4) is 0 Å². The third kappa shape index (κ3) is 3.97. The van der Waals surface area contributed by atoms with Crippen LogP contribution >= 0.6 is 0 Å². The number of hydrogen-bond donors (Lipinski definition) is 2. The van der Waals surface area contributed by atoms with Crippen molar-refractivity contribution in [2.45, 2.75) is 40.2 Å². The summed E-state index contributed by atoms with van der Waals surface area (Å²) in [5.41, 5.74) is 7.98. The first-order valence-corrected chi connectivity index (χ1v) is 7.69. The Bertz CT molecular complexity index is 505. The minimum absolute atomic E-state index is 0.0106. The van der Waals surface area contributed by atoms with Gasteiger partial charge in [0.05, 0.1) is 0 Å². The fraction of sp³-hybridized carbons (Fsp3) is 0.588. The highest BCUT2D eigenvalue weighted by Gasteiger charge is 2.33. The molecule has 2 amide bonds. The zero-order valence-electron chi connectivity index (χ0n) is 13.5. The van der Waals surface area contributed by atoms with Crippen LogP contribution in [0.1, 0.15) is 45.7 Å². The lowest BCUT2D eigenvalue weighted by atomic mass is 9.80. The van der Waals surface area contributed by atoms with Crippen molar-refractivity contribution in [2.75, 3.05) is 18.4 Å². The van der Waals surface area contributed by atoms with Gasteiger partial charge in [0, 0.05) is 24.8 Å². The van der Waals surface area contributed by atoms with Gasteiger partial charge >= 0.3 is 6.03 Å². The highest BCUT2D eigenvalue weighted by Crippen LogP contribution is 2.33. The maximum absolute atomic E-state index is 12.4. The number of nitrogens with one attached hydrogen (secondary N) is 1.